The monoisotopic (exact) mass is 418 g/mol. The maximum Gasteiger partial charge on any atom is 0.481 e. The largest absolute Gasteiger partial charge is 0.481 e. The third-order valence-corrected chi connectivity index (χ3v) is 5.47. The van der Waals surface area contributed by atoms with Gasteiger partial charge in [-0.3, -0.25) is 18.9 Å². The van der Waals surface area contributed by atoms with Crippen molar-refractivity contribution in [3.63, 3.8) is 0 Å². The number of aromatic amines is 1. The van der Waals surface area contributed by atoms with Crippen LogP contribution in [0.5, 0.6) is 0 Å². The van der Waals surface area contributed by atoms with Crippen molar-refractivity contribution in [3.8, 4) is 0 Å². The maximum atomic E-state index is 11.8. The minimum atomic E-state index is -5.31. The standard InChI is InChI=1S/C10H16N2O12P2/c1-21-10(5-22-26(19,20)24-25(16,17)18)4-6(13)8(23-10)12-3-2-7(14)11-9(12)15/h2-3,6,8,13H,4-5H2,1H3,(H,19,20)(H,11,14,15)(H2,16,17,18). The molecule has 0 aromatic carbocycles. The molecular weight excluding hydrogens is 402 g/mol. The summed E-state index contributed by atoms with van der Waals surface area (Å²) in [4.78, 5) is 51.3. The topological polar surface area (TPSA) is 207 Å². The smallest absolute Gasteiger partial charge is 0.388 e. The van der Waals surface area contributed by atoms with Crippen LogP contribution in [0.15, 0.2) is 21.9 Å². The lowest BCUT2D eigenvalue weighted by atomic mass is 10.1. The van der Waals surface area contributed by atoms with Gasteiger partial charge in [-0.2, -0.15) is 4.31 Å². The van der Waals surface area contributed by atoms with Crippen LogP contribution in [-0.4, -0.2) is 54.9 Å². The van der Waals surface area contributed by atoms with Crippen molar-refractivity contribution >= 4 is 15.6 Å². The second-order valence-corrected chi connectivity index (χ2v) is 8.06. The average molecular weight is 418 g/mol. The summed E-state index contributed by atoms with van der Waals surface area (Å²) in [5.74, 6) is -1.84. The van der Waals surface area contributed by atoms with E-state index in [1.165, 1.54) is 0 Å². The lowest BCUT2D eigenvalue weighted by Gasteiger charge is -2.28. The molecule has 1 aliphatic heterocycles. The van der Waals surface area contributed by atoms with Gasteiger partial charge in [-0.05, 0) is 0 Å². The molecule has 1 aromatic heterocycles. The van der Waals surface area contributed by atoms with Gasteiger partial charge in [0.05, 0.1) is 0 Å². The molecular formula is C10H16N2O12P2. The Morgan fingerprint density at radius 3 is 2.58 bits per heavy atom. The first-order valence-corrected chi connectivity index (χ1v) is 9.86. The summed E-state index contributed by atoms with van der Waals surface area (Å²) in [5, 5.41) is 10.1. The fraction of sp³-hybridized carbons (Fsp3) is 0.600. The number of H-pyrrole nitrogens is 1. The second kappa shape index (κ2) is 7.44. The number of aliphatic hydroxyl groups is 1. The van der Waals surface area contributed by atoms with Gasteiger partial charge in [0.1, 0.15) is 12.7 Å². The zero-order valence-electron chi connectivity index (χ0n) is 13.1. The van der Waals surface area contributed by atoms with Crippen LogP contribution in [0.1, 0.15) is 12.6 Å². The Bertz CT molecular complexity index is 860. The van der Waals surface area contributed by atoms with E-state index < -0.39 is 51.6 Å². The first-order valence-electron chi connectivity index (χ1n) is 6.83. The van der Waals surface area contributed by atoms with Gasteiger partial charge in [0, 0.05) is 25.8 Å². The highest BCUT2D eigenvalue weighted by Crippen LogP contribution is 2.58. The zero-order valence-corrected chi connectivity index (χ0v) is 14.9. The predicted octanol–water partition coefficient (Wildman–Crippen LogP) is -1.61. The molecule has 16 heteroatoms. The Labute approximate surface area is 144 Å². The number of hydrogen-bond acceptors (Lipinski definition) is 9. The molecule has 1 fully saturated rings. The van der Waals surface area contributed by atoms with E-state index >= 15 is 0 Å². The van der Waals surface area contributed by atoms with Crippen LogP contribution in [0.25, 0.3) is 0 Å². The molecule has 4 unspecified atom stereocenters. The van der Waals surface area contributed by atoms with E-state index in [-0.39, 0.29) is 6.42 Å². The number of rotatable bonds is 7. The van der Waals surface area contributed by atoms with Crippen molar-refractivity contribution in [2.24, 2.45) is 0 Å². The van der Waals surface area contributed by atoms with Crippen molar-refractivity contribution in [2.45, 2.75) is 24.5 Å². The minimum absolute atomic E-state index is 0.338. The van der Waals surface area contributed by atoms with E-state index in [2.05, 4.69) is 8.83 Å². The molecule has 5 N–H and O–H groups in total. The summed E-state index contributed by atoms with van der Waals surface area (Å²) in [6.45, 7) is -0.872. The Morgan fingerprint density at radius 2 is 2.04 bits per heavy atom. The Hall–Kier alpha value is -1.18. The number of methoxy groups -OCH3 is 1. The van der Waals surface area contributed by atoms with E-state index in [1.807, 2.05) is 4.98 Å². The Kier molecular flexibility index (Phi) is 6.05. The number of aromatic nitrogens is 2. The summed E-state index contributed by atoms with van der Waals surface area (Å²) in [7, 11) is -9.37. The van der Waals surface area contributed by atoms with Gasteiger partial charge >= 0.3 is 21.3 Å². The molecule has 0 aliphatic carbocycles. The molecule has 2 rings (SSSR count). The van der Waals surface area contributed by atoms with E-state index in [0.717, 1.165) is 23.9 Å². The molecule has 0 spiro atoms. The van der Waals surface area contributed by atoms with E-state index in [0.29, 0.717) is 0 Å². The fourth-order valence-electron chi connectivity index (χ4n) is 2.26. The molecule has 1 aliphatic rings. The van der Waals surface area contributed by atoms with Crippen molar-refractivity contribution < 1.29 is 47.2 Å². The molecule has 4 atom stereocenters. The number of phosphoric acid groups is 2. The van der Waals surface area contributed by atoms with Gasteiger partial charge < -0.3 is 29.3 Å². The molecule has 2 heterocycles. The zero-order chi connectivity index (χ0) is 19.8. The van der Waals surface area contributed by atoms with E-state index in [4.69, 9.17) is 19.3 Å². The van der Waals surface area contributed by atoms with E-state index in [1.54, 1.807) is 0 Å². The van der Waals surface area contributed by atoms with Crippen LogP contribution in [-0.2, 0) is 27.4 Å². The molecule has 14 nitrogen and oxygen atoms in total. The first kappa shape index (κ1) is 21.1. The minimum Gasteiger partial charge on any atom is -0.388 e. The highest BCUT2D eigenvalue weighted by atomic mass is 31.3. The molecule has 148 valence electrons. The van der Waals surface area contributed by atoms with Crippen LogP contribution >= 0.6 is 15.6 Å². The highest BCUT2D eigenvalue weighted by molar-refractivity contribution is 7.60. The molecule has 1 aromatic rings. The Balaban J connectivity index is 2.17. The quantitative estimate of drug-likeness (QED) is 0.317. The lowest BCUT2D eigenvalue weighted by Crippen LogP contribution is -2.38. The third-order valence-electron chi connectivity index (χ3n) is 3.34. The lowest BCUT2D eigenvalue weighted by molar-refractivity contribution is -0.241. The van der Waals surface area contributed by atoms with Gasteiger partial charge in [-0.25, -0.2) is 13.9 Å². The molecule has 0 saturated carbocycles. The van der Waals surface area contributed by atoms with Crippen molar-refractivity contribution in [2.75, 3.05) is 13.7 Å². The molecule has 1 saturated heterocycles. The highest BCUT2D eigenvalue weighted by Gasteiger charge is 2.49. The van der Waals surface area contributed by atoms with Gasteiger partial charge in [0.2, 0.25) is 0 Å². The molecule has 0 bridgehead atoms. The molecule has 0 amide bonds. The van der Waals surface area contributed by atoms with Crippen molar-refractivity contribution in [1.29, 1.82) is 0 Å². The third kappa shape index (κ3) is 5.18. The summed E-state index contributed by atoms with van der Waals surface area (Å²) in [6.07, 6.45) is -1.95. The van der Waals surface area contributed by atoms with Crippen LogP contribution < -0.4 is 11.2 Å². The van der Waals surface area contributed by atoms with Crippen LogP contribution in [0.4, 0.5) is 0 Å². The van der Waals surface area contributed by atoms with Crippen molar-refractivity contribution in [3.05, 3.63) is 33.1 Å². The van der Waals surface area contributed by atoms with Gasteiger partial charge in [0.25, 0.3) is 5.56 Å². The number of phosphoric ester groups is 1. The number of nitrogens with zero attached hydrogens (tertiary/aromatic N) is 1. The Morgan fingerprint density at radius 1 is 1.38 bits per heavy atom. The predicted molar refractivity (Wildman–Crippen MR) is 80.7 cm³/mol. The SMILES string of the molecule is COC1(COP(=O)(O)OP(=O)(O)O)CC(O)C(n2ccc(=O)[nH]c2=O)O1. The van der Waals surface area contributed by atoms with E-state index in [9.17, 15) is 28.7 Å². The van der Waals surface area contributed by atoms with Gasteiger partial charge in [-0.15, -0.1) is 0 Å². The number of hydrogen-bond donors (Lipinski definition) is 5. The normalized spacial score (nSPS) is 28.8. The first-order chi connectivity index (χ1) is 11.9. The van der Waals surface area contributed by atoms with Crippen LogP contribution in [0, 0.1) is 0 Å². The second-order valence-electron chi connectivity index (χ2n) is 5.23. The summed E-state index contributed by atoms with van der Waals surface area (Å²) >= 11 is 0. The summed E-state index contributed by atoms with van der Waals surface area (Å²) in [5.41, 5.74) is -1.55. The average Bonchev–Trinajstić information content (AvgIpc) is 2.81. The van der Waals surface area contributed by atoms with Crippen molar-refractivity contribution in [1.82, 2.24) is 9.55 Å². The summed E-state index contributed by atoms with van der Waals surface area (Å²) in [6, 6.07) is 1.01. The molecule has 0 radical (unpaired) electrons. The van der Waals surface area contributed by atoms with Crippen LogP contribution in [0.2, 0.25) is 0 Å². The fourth-order valence-corrected chi connectivity index (χ4v) is 3.88. The number of ether oxygens (including phenoxy) is 2. The maximum absolute atomic E-state index is 11.8. The summed E-state index contributed by atoms with van der Waals surface area (Å²) < 4.78 is 41.5. The molecule has 26 heavy (non-hydrogen) atoms. The van der Waals surface area contributed by atoms with Crippen LogP contribution in [0.3, 0.4) is 0 Å². The van der Waals surface area contributed by atoms with Gasteiger partial charge in [-0.1, -0.05) is 0 Å². The number of aliphatic hydroxyl groups excluding tert-OH is 1. The van der Waals surface area contributed by atoms with Gasteiger partial charge in [0.15, 0.2) is 12.0 Å². The number of nitrogens with one attached hydrogen (secondary N) is 1.